The zero-order valence-electron chi connectivity index (χ0n) is 22.1. The topological polar surface area (TPSA) is 91.2 Å². The maximum Gasteiger partial charge on any atom is 0.416 e. The Bertz CT molecular complexity index is 1590. The van der Waals surface area contributed by atoms with E-state index in [9.17, 15) is 40.0 Å². The van der Waals surface area contributed by atoms with Gasteiger partial charge < -0.3 is 15.4 Å². The summed E-state index contributed by atoms with van der Waals surface area (Å²) in [5.41, 5.74) is -3.11. The number of benzene rings is 3. The molecule has 0 bridgehead atoms. The highest BCUT2D eigenvalue weighted by Gasteiger charge is 2.38. The van der Waals surface area contributed by atoms with Crippen LogP contribution in [-0.4, -0.2) is 20.6 Å². The molecule has 0 amide bonds. The maximum atomic E-state index is 13.5. The SMILES string of the molecule is N#CC(=C(Nc1cc(C(F)(F)F)cc(C(F)(F)F)c1)NC1CCC[C@@H]1OCc1ccccc1)S(=O)(=O)c1ccc(Cl)cc1. The molecule has 6 nitrogen and oxygen atoms in total. The van der Waals surface area contributed by atoms with E-state index in [2.05, 4.69) is 10.6 Å². The van der Waals surface area contributed by atoms with Crippen LogP contribution in [0.15, 0.2) is 88.4 Å². The molecule has 228 valence electrons. The predicted molar refractivity (Wildman–Crippen MR) is 147 cm³/mol. The lowest BCUT2D eigenvalue weighted by atomic mass is 10.1. The molecule has 0 aliphatic heterocycles. The number of nitrogens with zero attached hydrogens (tertiary/aromatic N) is 1. The number of ether oxygens (including phenoxy) is 1. The van der Waals surface area contributed by atoms with Crippen LogP contribution < -0.4 is 10.6 Å². The van der Waals surface area contributed by atoms with Crippen LogP contribution in [0.1, 0.15) is 36.0 Å². The lowest BCUT2D eigenvalue weighted by Crippen LogP contribution is -2.39. The third-order valence-corrected chi connectivity index (χ3v) is 8.65. The normalized spacial score (nSPS) is 18.1. The van der Waals surface area contributed by atoms with E-state index in [-0.39, 0.29) is 22.6 Å². The van der Waals surface area contributed by atoms with Crippen LogP contribution in [-0.2, 0) is 33.5 Å². The summed E-state index contributed by atoms with van der Waals surface area (Å²) in [7, 11) is -4.63. The Morgan fingerprint density at radius 2 is 1.53 bits per heavy atom. The summed E-state index contributed by atoms with van der Waals surface area (Å²) in [6.07, 6.45) is -9.24. The molecular formula is C29H24ClF6N3O3S. The number of hydrogen-bond acceptors (Lipinski definition) is 6. The van der Waals surface area contributed by atoms with Gasteiger partial charge in [-0.2, -0.15) is 31.6 Å². The first-order valence-electron chi connectivity index (χ1n) is 12.8. The molecule has 4 rings (SSSR count). The van der Waals surface area contributed by atoms with E-state index in [0.29, 0.717) is 31.4 Å². The van der Waals surface area contributed by atoms with Crippen molar-refractivity contribution in [2.45, 2.75) is 55.3 Å². The summed E-state index contributed by atoms with van der Waals surface area (Å²) >= 11 is 5.86. The number of halogens is 7. The standard InChI is InChI=1S/C29H24ClF6N3O3S/c30-21-9-11-23(12-10-21)43(40,41)26(16-37)27(38-22-14-19(28(31,32)33)13-20(15-22)29(34,35)36)39-24-7-4-8-25(24)42-17-18-5-2-1-3-6-18/h1-3,5-6,9-15,24-25,38-39H,4,7-8,17H2/t24?,25-/m0/s1. The molecule has 0 heterocycles. The molecule has 0 saturated heterocycles. The highest BCUT2D eigenvalue weighted by Crippen LogP contribution is 2.38. The molecule has 0 aromatic heterocycles. The molecule has 3 aromatic carbocycles. The summed E-state index contributed by atoms with van der Waals surface area (Å²) in [4.78, 5) is -1.31. The van der Waals surface area contributed by atoms with Crippen LogP contribution in [0.3, 0.4) is 0 Å². The van der Waals surface area contributed by atoms with Crippen molar-refractivity contribution >= 4 is 27.1 Å². The van der Waals surface area contributed by atoms with Crippen molar-refractivity contribution < 1.29 is 39.5 Å². The van der Waals surface area contributed by atoms with E-state index in [4.69, 9.17) is 16.3 Å². The van der Waals surface area contributed by atoms with Crippen LogP contribution in [0.5, 0.6) is 0 Å². The molecular weight excluding hydrogens is 620 g/mol. The lowest BCUT2D eigenvalue weighted by molar-refractivity contribution is -0.143. The molecule has 1 aliphatic rings. The van der Waals surface area contributed by atoms with Crippen molar-refractivity contribution in [3.8, 4) is 6.07 Å². The summed E-state index contributed by atoms with van der Waals surface area (Å²) in [5, 5.41) is 15.4. The van der Waals surface area contributed by atoms with Gasteiger partial charge in [-0.25, -0.2) is 8.42 Å². The van der Waals surface area contributed by atoms with Crippen LogP contribution in [0.25, 0.3) is 0 Å². The summed E-state index contributed by atoms with van der Waals surface area (Å²) < 4.78 is 114. The van der Waals surface area contributed by atoms with E-state index < -0.39 is 61.9 Å². The quantitative estimate of drug-likeness (QED) is 0.184. The first-order chi connectivity index (χ1) is 20.2. The van der Waals surface area contributed by atoms with E-state index in [1.54, 1.807) is 6.07 Å². The summed E-state index contributed by atoms with van der Waals surface area (Å²) in [5.74, 6) is -0.592. The van der Waals surface area contributed by atoms with Crippen molar-refractivity contribution in [2.24, 2.45) is 0 Å². The van der Waals surface area contributed by atoms with Crippen molar-refractivity contribution in [1.29, 1.82) is 5.26 Å². The van der Waals surface area contributed by atoms with Gasteiger partial charge in [0, 0.05) is 10.7 Å². The minimum atomic E-state index is -5.15. The Hall–Kier alpha value is -3.73. The first kappa shape index (κ1) is 32.2. The van der Waals surface area contributed by atoms with Gasteiger partial charge in [0.05, 0.1) is 34.8 Å². The molecule has 1 fully saturated rings. The molecule has 1 unspecified atom stereocenters. The van der Waals surface area contributed by atoms with Crippen LogP contribution in [0.4, 0.5) is 32.0 Å². The second-order valence-electron chi connectivity index (χ2n) is 9.71. The van der Waals surface area contributed by atoms with Crippen molar-refractivity contribution in [3.05, 3.63) is 105 Å². The fourth-order valence-corrected chi connectivity index (χ4v) is 5.92. The maximum absolute atomic E-state index is 13.5. The van der Waals surface area contributed by atoms with Crippen molar-refractivity contribution in [2.75, 3.05) is 5.32 Å². The Balaban J connectivity index is 1.78. The number of rotatable bonds is 9. The lowest BCUT2D eigenvalue weighted by Gasteiger charge is -2.26. The monoisotopic (exact) mass is 643 g/mol. The van der Waals surface area contributed by atoms with Gasteiger partial charge in [-0.1, -0.05) is 41.9 Å². The average Bonchev–Trinajstić information content (AvgIpc) is 3.38. The number of nitrogens with one attached hydrogen (secondary N) is 2. The molecule has 2 N–H and O–H groups in total. The van der Waals surface area contributed by atoms with E-state index in [1.165, 1.54) is 12.1 Å². The molecule has 0 spiro atoms. The highest BCUT2D eigenvalue weighted by molar-refractivity contribution is 7.95. The molecule has 1 aliphatic carbocycles. The second-order valence-corrected chi connectivity index (χ2v) is 12.0. The molecule has 43 heavy (non-hydrogen) atoms. The predicted octanol–water partition coefficient (Wildman–Crippen LogP) is 7.68. The smallest absolute Gasteiger partial charge is 0.371 e. The van der Waals surface area contributed by atoms with Crippen LogP contribution in [0.2, 0.25) is 5.02 Å². The van der Waals surface area contributed by atoms with E-state index >= 15 is 0 Å². The molecule has 0 radical (unpaired) electrons. The van der Waals surface area contributed by atoms with Crippen molar-refractivity contribution in [3.63, 3.8) is 0 Å². The fourth-order valence-electron chi connectivity index (χ4n) is 4.57. The Morgan fingerprint density at radius 3 is 2.09 bits per heavy atom. The van der Waals surface area contributed by atoms with Gasteiger partial charge in [0.25, 0.3) is 0 Å². The zero-order chi connectivity index (χ0) is 31.4. The number of alkyl halides is 6. The summed E-state index contributed by atoms with van der Waals surface area (Å²) in [6.45, 7) is 0.201. The highest BCUT2D eigenvalue weighted by atomic mass is 35.5. The second kappa shape index (κ2) is 12.9. The Kier molecular flexibility index (Phi) is 9.63. The molecule has 1 saturated carbocycles. The molecule has 14 heteroatoms. The number of allylic oxidation sites excluding steroid dienone is 1. The van der Waals surface area contributed by atoms with Gasteiger partial charge in [0.15, 0.2) is 4.91 Å². The van der Waals surface area contributed by atoms with Crippen molar-refractivity contribution in [1.82, 2.24) is 5.32 Å². The molecule has 2 atom stereocenters. The van der Waals surface area contributed by atoms with Gasteiger partial charge in [-0.05, 0) is 67.3 Å². The fraction of sp³-hybridized carbons (Fsp3) is 0.276. The third-order valence-electron chi connectivity index (χ3n) is 6.67. The largest absolute Gasteiger partial charge is 0.416 e. The van der Waals surface area contributed by atoms with E-state index in [1.807, 2.05) is 30.3 Å². The van der Waals surface area contributed by atoms with Gasteiger partial charge in [-0.3, -0.25) is 0 Å². The third kappa shape index (κ3) is 8.01. The van der Waals surface area contributed by atoms with Gasteiger partial charge in [0.2, 0.25) is 9.84 Å². The Morgan fingerprint density at radius 1 is 0.930 bits per heavy atom. The average molecular weight is 644 g/mol. The van der Waals surface area contributed by atoms with Crippen LogP contribution in [0, 0.1) is 11.3 Å². The minimum Gasteiger partial charge on any atom is -0.371 e. The number of hydrogen-bond donors (Lipinski definition) is 2. The van der Waals surface area contributed by atoms with Crippen LogP contribution >= 0.6 is 11.6 Å². The number of sulfone groups is 1. The minimum absolute atomic E-state index is 0.0535. The summed E-state index contributed by atoms with van der Waals surface area (Å²) in [6, 6.07) is 15.6. The van der Waals surface area contributed by atoms with Gasteiger partial charge in [-0.15, -0.1) is 0 Å². The van der Waals surface area contributed by atoms with E-state index in [0.717, 1.165) is 17.7 Å². The number of nitriles is 1. The van der Waals surface area contributed by atoms with Gasteiger partial charge >= 0.3 is 12.4 Å². The van der Waals surface area contributed by atoms with Gasteiger partial charge in [0.1, 0.15) is 11.9 Å². The Labute approximate surface area is 248 Å². The number of anilines is 1. The zero-order valence-corrected chi connectivity index (χ0v) is 23.7. The first-order valence-corrected chi connectivity index (χ1v) is 14.7. The molecule has 3 aromatic rings.